The van der Waals surface area contributed by atoms with E-state index in [4.69, 9.17) is 4.74 Å². The molecule has 1 spiro atoms. The summed E-state index contributed by atoms with van der Waals surface area (Å²) >= 11 is 1.67. The summed E-state index contributed by atoms with van der Waals surface area (Å²) in [6, 6.07) is 8.53. The number of aliphatic hydroxyl groups excluding tert-OH is 1. The molecule has 7 atom stereocenters. The Hall–Kier alpha value is -2.14. The van der Waals surface area contributed by atoms with Crippen molar-refractivity contribution in [2.24, 2.45) is 23.7 Å². The van der Waals surface area contributed by atoms with Crippen LogP contribution in [-0.2, 0) is 25.7 Å². The SMILES string of the molecule is CC(C)[C@H](CO)N1C(=O)[C@@H]2[C@H](C(=O)NCc3ccccc3)[C@@H]3CC(C)C2(S3)C1C(=O)NCCN1CCOCC1. The van der Waals surface area contributed by atoms with Gasteiger partial charge in [0.05, 0.1) is 42.4 Å². The predicted octanol–water partition coefficient (Wildman–Crippen LogP) is 1.11. The van der Waals surface area contributed by atoms with Crippen LogP contribution >= 0.6 is 11.8 Å². The van der Waals surface area contributed by atoms with E-state index in [0.717, 1.165) is 31.6 Å². The van der Waals surface area contributed by atoms with E-state index < -0.39 is 28.7 Å². The molecule has 4 fully saturated rings. The van der Waals surface area contributed by atoms with Crippen LogP contribution in [0.15, 0.2) is 30.3 Å². The van der Waals surface area contributed by atoms with Gasteiger partial charge >= 0.3 is 0 Å². The number of carbonyl (C=O) groups is 3. The summed E-state index contributed by atoms with van der Waals surface area (Å²) in [5.74, 6) is -1.51. The highest BCUT2D eigenvalue weighted by Gasteiger charge is 2.76. The normalized spacial score (nSPS) is 32.9. The molecule has 2 bridgehead atoms. The number of ether oxygens (including phenoxy) is 1. The van der Waals surface area contributed by atoms with E-state index in [1.807, 2.05) is 44.2 Å². The Morgan fingerprint density at radius 2 is 1.87 bits per heavy atom. The number of carbonyl (C=O) groups excluding carboxylic acids is 3. The quantitative estimate of drug-likeness (QED) is 0.395. The van der Waals surface area contributed by atoms with Crippen molar-refractivity contribution >= 4 is 29.5 Å². The molecule has 4 saturated heterocycles. The molecular formula is C29H42N4O5S. The lowest BCUT2D eigenvalue weighted by Crippen LogP contribution is -2.59. The largest absolute Gasteiger partial charge is 0.394 e. The fourth-order valence-electron chi connectivity index (χ4n) is 7.20. The molecule has 0 radical (unpaired) electrons. The van der Waals surface area contributed by atoms with E-state index in [9.17, 15) is 19.5 Å². The maximum atomic E-state index is 14.3. The van der Waals surface area contributed by atoms with Gasteiger partial charge in [-0.15, -0.1) is 11.8 Å². The van der Waals surface area contributed by atoms with Gasteiger partial charge in [0.2, 0.25) is 17.7 Å². The van der Waals surface area contributed by atoms with Gasteiger partial charge in [-0.3, -0.25) is 19.3 Å². The Balaban J connectivity index is 1.40. The second-order valence-corrected chi connectivity index (χ2v) is 13.3. The molecule has 4 aliphatic rings. The van der Waals surface area contributed by atoms with Crippen molar-refractivity contribution < 1.29 is 24.2 Å². The average molecular weight is 559 g/mol. The zero-order chi connectivity index (χ0) is 27.7. The molecule has 4 aliphatic heterocycles. The molecule has 0 saturated carbocycles. The molecule has 3 unspecified atom stereocenters. The monoisotopic (exact) mass is 558 g/mol. The first kappa shape index (κ1) is 28.4. The number of rotatable bonds is 10. The van der Waals surface area contributed by atoms with Crippen molar-refractivity contribution in [3.8, 4) is 0 Å². The topological polar surface area (TPSA) is 111 Å². The first-order valence-electron chi connectivity index (χ1n) is 14.3. The number of aliphatic hydroxyl groups is 1. The third-order valence-electron chi connectivity index (χ3n) is 9.19. The van der Waals surface area contributed by atoms with Gasteiger partial charge in [-0.25, -0.2) is 0 Å². The fourth-order valence-corrected chi connectivity index (χ4v) is 9.61. The second-order valence-electron chi connectivity index (χ2n) is 11.7. The average Bonchev–Trinajstić information content (AvgIpc) is 3.52. The van der Waals surface area contributed by atoms with Crippen LogP contribution in [0.4, 0.5) is 0 Å². The van der Waals surface area contributed by atoms with Crippen molar-refractivity contribution in [3.63, 3.8) is 0 Å². The predicted molar refractivity (Wildman–Crippen MR) is 150 cm³/mol. The van der Waals surface area contributed by atoms with Crippen LogP contribution in [0, 0.1) is 23.7 Å². The van der Waals surface area contributed by atoms with E-state index in [0.29, 0.717) is 26.3 Å². The lowest BCUT2D eigenvalue weighted by molar-refractivity contribution is -0.143. The van der Waals surface area contributed by atoms with Crippen LogP contribution in [0.25, 0.3) is 0 Å². The van der Waals surface area contributed by atoms with Gasteiger partial charge in [0.25, 0.3) is 0 Å². The van der Waals surface area contributed by atoms with Crippen LogP contribution in [0.5, 0.6) is 0 Å². The maximum Gasteiger partial charge on any atom is 0.244 e. The van der Waals surface area contributed by atoms with E-state index >= 15 is 0 Å². The van der Waals surface area contributed by atoms with E-state index in [-0.39, 0.29) is 41.4 Å². The van der Waals surface area contributed by atoms with Gasteiger partial charge in [0.1, 0.15) is 6.04 Å². The minimum absolute atomic E-state index is 0.0119. The summed E-state index contributed by atoms with van der Waals surface area (Å²) in [5.41, 5.74) is 1.00. The van der Waals surface area contributed by atoms with Crippen molar-refractivity contribution in [1.29, 1.82) is 0 Å². The van der Waals surface area contributed by atoms with Crippen molar-refractivity contribution in [2.45, 2.75) is 55.8 Å². The van der Waals surface area contributed by atoms with Gasteiger partial charge in [-0.2, -0.15) is 0 Å². The van der Waals surface area contributed by atoms with E-state index in [1.54, 1.807) is 16.7 Å². The summed E-state index contributed by atoms with van der Waals surface area (Å²) in [7, 11) is 0. The number of benzene rings is 1. The minimum atomic E-state index is -0.726. The lowest BCUT2D eigenvalue weighted by atomic mass is 9.66. The van der Waals surface area contributed by atoms with Gasteiger partial charge in [0, 0.05) is 38.0 Å². The second kappa shape index (κ2) is 11.8. The number of fused-ring (bicyclic) bond motifs is 1. The fraction of sp³-hybridized carbons (Fsp3) is 0.690. The summed E-state index contributed by atoms with van der Waals surface area (Å²) in [4.78, 5) is 45.8. The number of nitrogens with zero attached hydrogens (tertiary/aromatic N) is 2. The van der Waals surface area contributed by atoms with Gasteiger partial charge < -0.3 is 25.4 Å². The number of nitrogens with one attached hydrogen (secondary N) is 2. The molecule has 3 N–H and O–H groups in total. The van der Waals surface area contributed by atoms with Crippen molar-refractivity contribution in [1.82, 2.24) is 20.4 Å². The number of amides is 3. The Bertz CT molecular complexity index is 1050. The highest BCUT2D eigenvalue weighted by atomic mass is 32.2. The van der Waals surface area contributed by atoms with Gasteiger partial charge in [-0.1, -0.05) is 51.1 Å². The van der Waals surface area contributed by atoms with E-state index in [2.05, 4.69) is 22.5 Å². The molecule has 1 aromatic rings. The molecule has 214 valence electrons. The third-order valence-corrected chi connectivity index (χ3v) is 11.3. The molecule has 10 heteroatoms. The van der Waals surface area contributed by atoms with Crippen LogP contribution < -0.4 is 10.6 Å². The minimum Gasteiger partial charge on any atom is -0.394 e. The molecule has 0 aliphatic carbocycles. The summed E-state index contributed by atoms with van der Waals surface area (Å²) in [5, 5.41) is 16.6. The zero-order valence-electron chi connectivity index (χ0n) is 23.2. The molecule has 1 aromatic carbocycles. The van der Waals surface area contributed by atoms with Gasteiger partial charge in [-0.05, 0) is 23.8 Å². The standard InChI is InChI=1S/C29H42N4O5S/c1-18(2)21(17-34)33-25(27(36)30-9-10-32-11-13-38-14-12-32)29-19(3)15-22(39-29)23(24(29)28(33)37)26(35)31-16-20-7-5-4-6-8-20/h4-8,18-19,21-25,34H,9-17H2,1-3H3,(H,30,36)(H,31,35)/t19?,21-,22-,23+,24-,25?,29?/m0/s1. The Morgan fingerprint density at radius 3 is 2.54 bits per heavy atom. The number of hydrogen-bond acceptors (Lipinski definition) is 7. The summed E-state index contributed by atoms with van der Waals surface area (Å²) < 4.78 is 4.73. The number of morpholine rings is 1. The zero-order valence-corrected chi connectivity index (χ0v) is 24.0. The Labute approximate surface area is 235 Å². The summed E-state index contributed by atoms with van der Waals surface area (Å²) in [6.07, 6.45) is 0.786. The molecule has 4 heterocycles. The highest BCUT2D eigenvalue weighted by molar-refractivity contribution is 8.02. The van der Waals surface area contributed by atoms with Crippen LogP contribution in [0.2, 0.25) is 0 Å². The third kappa shape index (κ3) is 5.09. The number of thioether (sulfide) groups is 1. The molecule has 3 amide bonds. The Kier molecular flexibility index (Phi) is 8.56. The van der Waals surface area contributed by atoms with E-state index in [1.165, 1.54) is 0 Å². The van der Waals surface area contributed by atoms with Crippen LogP contribution in [0.1, 0.15) is 32.8 Å². The van der Waals surface area contributed by atoms with Gasteiger partial charge in [0.15, 0.2) is 0 Å². The molecule has 5 rings (SSSR count). The first-order valence-corrected chi connectivity index (χ1v) is 15.2. The maximum absolute atomic E-state index is 14.3. The smallest absolute Gasteiger partial charge is 0.244 e. The highest BCUT2D eigenvalue weighted by Crippen LogP contribution is 2.68. The first-order chi connectivity index (χ1) is 18.8. The lowest BCUT2D eigenvalue weighted by Gasteiger charge is -2.41. The summed E-state index contributed by atoms with van der Waals surface area (Å²) in [6.45, 7) is 10.5. The number of hydrogen-bond donors (Lipinski definition) is 3. The molecular weight excluding hydrogens is 516 g/mol. The molecule has 9 nitrogen and oxygen atoms in total. The van der Waals surface area contributed by atoms with Crippen molar-refractivity contribution in [3.05, 3.63) is 35.9 Å². The van der Waals surface area contributed by atoms with Crippen molar-refractivity contribution in [2.75, 3.05) is 46.0 Å². The van der Waals surface area contributed by atoms with Crippen LogP contribution in [-0.4, -0.2) is 101 Å². The molecule has 39 heavy (non-hydrogen) atoms. The Morgan fingerprint density at radius 1 is 1.15 bits per heavy atom. The van der Waals surface area contributed by atoms with Crippen LogP contribution in [0.3, 0.4) is 0 Å². The molecule has 0 aromatic heterocycles. The number of likely N-dealkylation sites (tertiary alicyclic amines) is 1.